The van der Waals surface area contributed by atoms with Crippen LogP contribution in [0.25, 0.3) is 10.9 Å². The summed E-state index contributed by atoms with van der Waals surface area (Å²) in [6.45, 7) is 4.14. The maximum atomic E-state index is 13.3. The molecule has 0 bridgehead atoms. The molecule has 4 nitrogen and oxygen atoms in total. The van der Waals surface area contributed by atoms with E-state index < -0.39 is 5.41 Å². The Labute approximate surface area is 133 Å². The van der Waals surface area contributed by atoms with Crippen molar-refractivity contribution in [2.45, 2.75) is 25.8 Å². The number of rotatable bonds is 4. The molecule has 3 aromatic rings. The molecule has 1 aromatic carbocycles. The molecule has 0 unspecified atom stereocenters. The second-order valence-corrected chi connectivity index (χ2v) is 6.06. The van der Waals surface area contributed by atoms with E-state index in [-0.39, 0.29) is 11.7 Å². The molecule has 23 heavy (non-hydrogen) atoms. The number of aromatic amines is 1. The average molecular weight is 311 g/mol. The van der Waals surface area contributed by atoms with Crippen LogP contribution in [0, 0.1) is 5.82 Å². The summed E-state index contributed by atoms with van der Waals surface area (Å²) in [7, 11) is 0. The van der Waals surface area contributed by atoms with Crippen molar-refractivity contribution >= 4 is 16.8 Å². The predicted octanol–water partition coefficient (Wildman–Crippen LogP) is 3.30. The molecule has 0 saturated heterocycles. The number of nitrogens with zero attached hydrogens (tertiary/aromatic N) is 1. The molecule has 5 heteroatoms. The molecule has 118 valence electrons. The number of fused-ring (bicyclic) bond motifs is 1. The summed E-state index contributed by atoms with van der Waals surface area (Å²) in [5, 5.41) is 3.79. The van der Waals surface area contributed by atoms with Gasteiger partial charge in [-0.3, -0.25) is 9.78 Å². The number of hydrogen-bond acceptors (Lipinski definition) is 2. The van der Waals surface area contributed by atoms with E-state index in [1.807, 2.05) is 26.0 Å². The van der Waals surface area contributed by atoms with Crippen molar-refractivity contribution in [2.24, 2.45) is 0 Å². The Morgan fingerprint density at radius 2 is 2.17 bits per heavy atom. The van der Waals surface area contributed by atoms with Gasteiger partial charge < -0.3 is 10.3 Å². The highest BCUT2D eigenvalue weighted by atomic mass is 19.1. The SMILES string of the molecule is CC(C)(C(=O)NCc1cccnc1)c1c[nH]c2cc(F)ccc12. The molecule has 3 rings (SSSR count). The van der Waals surface area contributed by atoms with Gasteiger partial charge in [0.05, 0.1) is 5.41 Å². The molecule has 0 aliphatic carbocycles. The van der Waals surface area contributed by atoms with E-state index >= 15 is 0 Å². The molecule has 0 saturated carbocycles. The topological polar surface area (TPSA) is 57.8 Å². The van der Waals surface area contributed by atoms with Crippen LogP contribution in [0.15, 0.2) is 48.9 Å². The number of carbonyl (C=O) groups is 1. The van der Waals surface area contributed by atoms with Crippen molar-refractivity contribution < 1.29 is 9.18 Å². The number of H-pyrrole nitrogens is 1. The molecule has 2 aromatic heterocycles. The molecule has 0 aliphatic heterocycles. The average Bonchev–Trinajstić information content (AvgIpc) is 2.97. The van der Waals surface area contributed by atoms with E-state index in [1.54, 1.807) is 24.7 Å². The minimum atomic E-state index is -0.738. The van der Waals surface area contributed by atoms with Crippen LogP contribution in [0.1, 0.15) is 25.0 Å². The van der Waals surface area contributed by atoms with Crippen LogP contribution >= 0.6 is 0 Å². The van der Waals surface area contributed by atoms with Crippen molar-refractivity contribution in [3.63, 3.8) is 0 Å². The lowest BCUT2D eigenvalue weighted by Gasteiger charge is -2.23. The summed E-state index contributed by atoms with van der Waals surface area (Å²) in [6.07, 6.45) is 5.19. The Balaban J connectivity index is 1.83. The van der Waals surface area contributed by atoms with E-state index in [0.29, 0.717) is 12.1 Å². The van der Waals surface area contributed by atoms with Gasteiger partial charge in [-0.25, -0.2) is 4.39 Å². The standard InChI is InChI=1S/C18H18FN3O/c1-18(2,17(23)22-10-12-4-3-7-20-9-12)15-11-21-16-8-13(19)5-6-14(15)16/h3-9,11,21H,10H2,1-2H3,(H,22,23). The molecular formula is C18H18FN3O. The zero-order chi connectivity index (χ0) is 16.4. The first-order chi connectivity index (χ1) is 11.0. The van der Waals surface area contributed by atoms with Crippen molar-refractivity contribution in [3.8, 4) is 0 Å². The van der Waals surface area contributed by atoms with Gasteiger partial charge in [0.25, 0.3) is 0 Å². The Morgan fingerprint density at radius 1 is 1.35 bits per heavy atom. The summed E-state index contributed by atoms with van der Waals surface area (Å²) in [6, 6.07) is 8.29. The fourth-order valence-corrected chi connectivity index (χ4v) is 2.64. The Kier molecular flexibility index (Phi) is 3.86. The zero-order valence-electron chi connectivity index (χ0n) is 13.1. The predicted molar refractivity (Wildman–Crippen MR) is 87.4 cm³/mol. The molecule has 0 spiro atoms. The van der Waals surface area contributed by atoms with E-state index in [2.05, 4.69) is 15.3 Å². The maximum absolute atomic E-state index is 13.3. The van der Waals surface area contributed by atoms with Crippen LogP contribution in [0.4, 0.5) is 4.39 Å². The van der Waals surface area contributed by atoms with Gasteiger partial charge in [0, 0.05) is 36.0 Å². The molecule has 2 N–H and O–H groups in total. The van der Waals surface area contributed by atoms with Crippen LogP contribution in [0.5, 0.6) is 0 Å². The van der Waals surface area contributed by atoms with Crippen molar-refractivity contribution in [2.75, 3.05) is 0 Å². The number of carbonyl (C=O) groups excluding carboxylic acids is 1. The molecule has 0 radical (unpaired) electrons. The summed E-state index contributed by atoms with van der Waals surface area (Å²) < 4.78 is 13.3. The molecule has 0 aliphatic rings. The first-order valence-corrected chi connectivity index (χ1v) is 7.43. The van der Waals surface area contributed by atoms with E-state index in [4.69, 9.17) is 0 Å². The lowest BCUT2D eigenvalue weighted by Crippen LogP contribution is -2.39. The van der Waals surface area contributed by atoms with E-state index in [9.17, 15) is 9.18 Å². The normalized spacial score (nSPS) is 11.6. The third kappa shape index (κ3) is 2.95. The van der Waals surface area contributed by atoms with Gasteiger partial charge in [-0.05, 0) is 49.2 Å². The lowest BCUT2D eigenvalue weighted by molar-refractivity contribution is -0.125. The number of benzene rings is 1. The highest BCUT2D eigenvalue weighted by Crippen LogP contribution is 2.31. The van der Waals surface area contributed by atoms with Gasteiger partial charge >= 0.3 is 0 Å². The van der Waals surface area contributed by atoms with E-state index in [1.165, 1.54) is 12.1 Å². The maximum Gasteiger partial charge on any atom is 0.230 e. The number of nitrogens with one attached hydrogen (secondary N) is 2. The minimum Gasteiger partial charge on any atom is -0.361 e. The molecule has 0 atom stereocenters. The Morgan fingerprint density at radius 3 is 2.91 bits per heavy atom. The van der Waals surface area contributed by atoms with Crippen LogP contribution in [-0.4, -0.2) is 15.9 Å². The summed E-state index contributed by atoms with van der Waals surface area (Å²) in [5.41, 5.74) is 1.74. The van der Waals surface area contributed by atoms with E-state index in [0.717, 1.165) is 16.5 Å². The fourth-order valence-electron chi connectivity index (χ4n) is 2.64. The van der Waals surface area contributed by atoms with Gasteiger partial charge in [0.1, 0.15) is 5.82 Å². The van der Waals surface area contributed by atoms with Gasteiger partial charge in [-0.15, -0.1) is 0 Å². The van der Waals surface area contributed by atoms with Gasteiger partial charge in [-0.1, -0.05) is 6.07 Å². The second kappa shape index (κ2) is 5.83. The third-order valence-electron chi connectivity index (χ3n) is 4.06. The molecule has 1 amide bonds. The van der Waals surface area contributed by atoms with Crippen LogP contribution in [0.3, 0.4) is 0 Å². The largest absolute Gasteiger partial charge is 0.361 e. The lowest BCUT2D eigenvalue weighted by atomic mass is 9.83. The number of halogens is 1. The Bertz CT molecular complexity index is 840. The van der Waals surface area contributed by atoms with Crippen LogP contribution < -0.4 is 5.32 Å². The summed E-state index contributed by atoms with van der Waals surface area (Å²) in [5.74, 6) is -0.392. The molecular weight excluding hydrogens is 293 g/mol. The summed E-state index contributed by atoms with van der Waals surface area (Å²) in [4.78, 5) is 19.7. The van der Waals surface area contributed by atoms with Gasteiger partial charge in [-0.2, -0.15) is 0 Å². The minimum absolute atomic E-state index is 0.0911. The van der Waals surface area contributed by atoms with Gasteiger partial charge in [0.2, 0.25) is 5.91 Å². The van der Waals surface area contributed by atoms with Crippen molar-refractivity contribution in [1.29, 1.82) is 0 Å². The fraction of sp³-hybridized carbons (Fsp3) is 0.222. The van der Waals surface area contributed by atoms with Crippen LogP contribution in [0.2, 0.25) is 0 Å². The number of pyridine rings is 1. The number of hydrogen-bond donors (Lipinski definition) is 2. The molecule has 0 fully saturated rings. The first-order valence-electron chi connectivity index (χ1n) is 7.43. The highest BCUT2D eigenvalue weighted by molar-refractivity contribution is 5.94. The first kappa shape index (κ1) is 15.2. The third-order valence-corrected chi connectivity index (χ3v) is 4.06. The number of aromatic nitrogens is 2. The smallest absolute Gasteiger partial charge is 0.230 e. The number of amides is 1. The second-order valence-electron chi connectivity index (χ2n) is 6.06. The quantitative estimate of drug-likeness (QED) is 0.777. The van der Waals surface area contributed by atoms with Crippen molar-refractivity contribution in [3.05, 3.63) is 65.9 Å². The monoisotopic (exact) mass is 311 g/mol. The summed E-state index contributed by atoms with van der Waals surface area (Å²) >= 11 is 0. The zero-order valence-corrected chi connectivity index (χ0v) is 13.1. The molecule has 2 heterocycles. The van der Waals surface area contributed by atoms with Crippen LogP contribution in [-0.2, 0) is 16.8 Å². The van der Waals surface area contributed by atoms with Crippen molar-refractivity contribution in [1.82, 2.24) is 15.3 Å². The highest BCUT2D eigenvalue weighted by Gasteiger charge is 2.32. The van der Waals surface area contributed by atoms with Gasteiger partial charge in [0.15, 0.2) is 0 Å². The Hall–Kier alpha value is -2.69.